The lowest BCUT2D eigenvalue weighted by Gasteiger charge is -2.58. The zero-order chi connectivity index (χ0) is 17.2. The van der Waals surface area contributed by atoms with Crippen molar-refractivity contribution in [3.63, 3.8) is 0 Å². The van der Waals surface area contributed by atoms with Crippen molar-refractivity contribution < 1.29 is 15.0 Å². The fourth-order valence-corrected chi connectivity index (χ4v) is 5.84. The van der Waals surface area contributed by atoms with Crippen LogP contribution in [-0.4, -0.2) is 44.2 Å². The standard InChI is InChI=1S/C19H23N3O3/c23-9-15(24)14-8-21-18-13(1-2-20-18)17(14)22-16-11-3-10-4-12(16)7-19(25,5-10)6-11/h1-2,8,10-12,16,23,25H,3-7,9H2,(H2,20,21,22)/t10?,11-,12+,16+,19-. The largest absolute Gasteiger partial charge is 0.390 e. The molecule has 6 heteroatoms. The van der Waals surface area contributed by atoms with Gasteiger partial charge in [0, 0.05) is 23.8 Å². The molecule has 4 N–H and O–H groups in total. The summed E-state index contributed by atoms with van der Waals surface area (Å²) < 4.78 is 0. The van der Waals surface area contributed by atoms with E-state index < -0.39 is 12.2 Å². The molecule has 2 aromatic rings. The van der Waals surface area contributed by atoms with Gasteiger partial charge in [0.1, 0.15) is 12.3 Å². The van der Waals surface area contributed by atoms with Crippen LogP contribution in [0, 0.1) is 17.8 Å². The summed E-state index contributed by atoms with van der Waals surface area (Å²) in [4.78, 5) is 19.6. The van der Waals surface area contributed by atoms with Crippen LogP contribution in [0.25, 0.3) is 11.0 Å². The molecule has 4 aliphatic carbocycles. The Bertz CT molecular complexity index is 830. The molecule has 4 fully saturated rings. The van der Waals surface area contributed by atoms with Gasteiger partial charge in [0.05, 0.1) is 16.9 Å². The molecule has 6 rings (SSSR count). The maximum atomic E-state index is 12.2. The molecule has 1 unspecified atom stereocenters. The molecule has 5 atom stereocenters. The normalized spacial score (nSPS) is 36.1. The van der Waals surface area contributed by atoms with E-state index in [2.05, 4.69) is 15.3 Å². The number of ketones is 1. The molecule has 2 aromatic heterocycles. The number of anilines is 1. The first-order valence-corrected chi connectivity index (χ1v) is 9.15. The van der Waals surface area contributed by atoms with Crippen molar-refractivity contribution in [2.45, 2.75) is 43.7 Å². The molecule has 0 saturated heterocycles. The lowest BCUT2D eigenvalue weighted by Crippen LogP contribution is -2.59. The van der Waals surface area contributed by atoms with Gasteiger partial charge in [-0.1, -0.05) is 0 Å². The van der Waals surface area contributed by atoms with Gasteiger partial charge in [0.2, 0.25) is 0 Å². The molecule has 0 aromatic carbocycles. The van der Waals surface area contributed by atoms with Crippen LogP contribution in [0.15, 0.2) is 18.5 Å². The van der Waals surface area contributed by atoms with Crippen molar-refractivity contribution >= 4 is 22.5 Å². The molecular weight excluding hydrogens is 318 g/mol. The summed E-state index contributed by atoms with van der Waals surface area (Å²) in [6.07, 6.45) is 8.32. The van der Waals surface area contributed by atoms with E-state index in [0.717, 1.165) is 48.8 Å². The lowest BCUT2D eigenvalue weighted by atomic mass is 9.52. The molecule has 132 valence electrons. The zero-order valence-electron chi connectivity index (χ0n) is 14.0. The van der Waals surface area contributed by atoms with Crippen LogP contribution in [0.5, 0.6) is 0 Å². The van der Waals surface area contributed by atoms with Crippen molar-refractivity contribution in [2.24, 2.45) is 17.8 Å². The van der Waals surface area contributed by atoms with Gasteiger partial charge in [-0.15, -0.1) is 0 Å². The second-order valence-electron chi connectivity index (χ2n) is 8.23. The van der Waals surface area contributed by atoms with Gasteiger partial charge in [0.25, 0.3) is 0 Å². The molecule has 0 spiro atoms. The summed E-state index contributed by atoms with van der Waals surface area (Å²) in [5, 5.41) is 24.6. The van der Waals surface area contributed by atoms with Crippen molar-refractivity contribution in [1.29, 1.82) is 0 Å². The zero-order valence-corrected chi connectivity index (χ0v) is 14.0. The summed E-state index contributed by atoms with van der Waals surface area (Å²) in [5.74, 6) is 1.20. The van der Waals surface area contributed by atoms with Crippen molar-refractivity contribution in [3.8, 4) is 0 Å². The third-order valence-electron chi connectivity index (χ3n) is 6.58. The number of fused-ring (bicyclic) bond motifs is 1. The summed E-state index contributed by atoms with van der Waals surface area (Å²) >= 11 is 0. The molecule has 4 aliphatic rings. The highest BCUT2D eigenvalue weighted by Crippen LogP contribution is 2.56. The van der Waals surface area contributed by atoms with E-state index in [1.54, 1.807) is 6.20 Å². The average Bonchev–Trinajstić information content (AvgIpc) is 3.04. The summed E-state index contributed by atoms with van der Waals surface area (Å²) in [6, 6.07) is 2.19. The fourth-order valence-electron chi connectivity index (χ4n) is 5.84. The van der Waals surface area contributed by atoms with Crippen molar-refractivity contribution in [1.82, 2.24) is 9.97 Å². The summed E-state index contributed by atoms with van der Waals surface area (Å²) in [5.41, 5.74) is 1.48. The monoisotopic (exact) mass is 341 g/mol. The van der Waals surface area contributed by atoms with Crippen molar-refractivity contribution in [2.75, 3.05) is 11.9 Å². The molecule has 0 aliphatic heterocycles. The number of aromatic amines is 1. The predicted molar refractivity (Wildman–Crippen MR) is 93.4 cm³/mol. The third kappa shape index (κ3) is 2.31. The Hall–Kier alpha value is -1.92. The lowest BCUT2D eigenvalue weighted by molar-refractivity contribution is -0.129. The van der Waals surface area contributed by atoms with Crippen LogP contribution in [0.2, 0.25) is 0 Å². The van der Waals surface area contributed by atoms with Crippen LogP contribution >= 0.6 is 0 Å². The number of carbonyl (C=O) groups excluding carboxylic acids is 1. The quantitative estimate of drug-likeness (QED) is 0.638. The average molecular weight is 341 g/mol. The third-order valence-corrected chi connectivity index (χ3v) is 6.58. The maximum Gasteiger partial charge on any atom is 0.191 e. The Morgan fingerprint density at radius 1 is 1.32 bits per heavy atom. The number of carbonyl (C=O) groups is 1. The minimum absolute atomic E-state index is 0.266. The molecule has 4 saturated carbocycles. The molecule has 4 bridgehead atoms. The summed E-state index contributed by atoms with van der Waals surface area (Å²) in [6.45, 7) is -0.522. The maximum absolute atomic E-state index is 12.2. The van der Waals surface area contributed by atoms with E-state index in [1.165, 1.54) is 0 Å². The van der Waals surface area contributed by atoms with E-state index in [0.29, 0.717) is 23.3 Å². The van der Waals surface area contributed by atoms with E-state index >= 15 is 0 Å². The smallest absolute Gasteiger partial charge is 0.191 e. The second-order valence-corrected chi connectivity index (χ2v) is 8.23. The second kappa shape index (κ2) is 5.29. The Kier molecular flexibility index (Phi) is 3.24. The van der Waals surface area contributed by atoms with Crippen LogP contribution in [0.1, 0.15) is 42.5 Å². The number of nitrogens with zero attached hydrogens (tertiary/aromatic N) is 1. The first kappa shape index (κ1) is 15.3. The Balaban J connectivity index is 1.54. The van der Waals surface area contributed by atoms with E-state index in [-0.39, 0.29) is 11.8 Å². The van der Waals surface area contributed by atoms with E-state index in [1.807, 2.05) is 12.3 Å². The number of hydrogen-bond donors (Lipinski definition) is 4. The Morgan fingerprint density at radius 3 is 2.76 bits per heavy atom. The highest BCUT2D eigenvalue weighted by Gasteiger charge is 2.54. The van der Waals surface area contributed by atoms with E-state index in [4.69, 9.17) is 0 Å². The highest BCUT2D eigenvalue weighted by atomic mass is 16.3. The van der Waals surface area contributed by atoms with Crippen LogP contribution in [-0.2, 0) is 0 Å². The molecule has 25 heavy (non-hydrogen) atoms. The number of aliphatic hydroxyl groups is 2. The van der Waals surface area contributed by atoms with Gasteiger partial charge in [-0.3, -0.25) is 4.79 Å². The molecule has 0 amide bonds. The predicted octanol–water partition coefficient (Wildman–Crippen LogP) is 2.09. The van der Waals surface area contributed by atoms with Gasteiger partial charge in [-0.2, -0.15) is 0 Å². The first-order valence-electron chi connectivity index (χ1n) is 9.15. The van der Waals surface area contributed by atoms with Gasteiger partial charge in [-0.05, 0) is 55.9 Å². The number of aromatic nitrogens is 2. The first-order chi connectivity index (χ1) is 12.1. The van der Waals surface area contributed by atoms with Gasteiger partial charge in [0.15, 0.2) is 5.78 Å². The highest BCUT2D eigenvalue weighted by molar-refractivity contribution is 6.08. The number of pyridine rings is 1. The minimum atomic E-state index is -0.522. The number of aliphatic hydroxyl groups excluding tert-OH is 1. The molecule has 6 nitrogen and oxygen atoms in total. The number of Topliss-reactive ketones (excluding diaryl/α,β-unsaturated/α-hetero) is 1. The van der Waals surface area contributed by atoms with Gasteiger partial charge in [-0.25, -0.2) is 4.98 Å². The Labute approximate surface area is 145 Å². The number of hydrogen-bond acceptors (Lipinski definition) is 5. The number of rotatable bonds is 4. The number of nitrogens with one attached hydrogen (secondary N) is 2. The van der Waals surface area contributed by atoms with Gasteiger partial charge >= 0.3 is 0 Å². The SMILES string of the molecule is O=C(CO)c1cnc2[nH]ccc2c1N[C@H]1[C@@H]2CC3C[C@H]1C[C@@](O)(C3)C2. The van der Waals surface area contributed by atoms with Crippen LogP contribution in [0.3, 0.4) is 0 Å². The molecular formula is C19H23N3O3. The van der Waals surface area contributed by atoms with Crippen molar-refractivity contribution in [3.05, 3.63) is 24.0 Å². The topological polar surface area (TPSA) is 98.2 Å². The van der Waals surface area contributed by atoms with Crippen LogP contribution < -0.4 is 5.32 Å². The van der Waals surface area contributed by atoms with Crippen LogP contribution in [0.4, 0.5) is 5.69 Å². The van der Waals surface area contributed by atoms with E-state index in [9.17, 15) is 15.0 Å². The Morgan fingerprint density at radius 2 is 2.08 bits per heavy atom. The molecule has 2 heterocycles. The fraction of sp³-hybridized carbons (Fsp3) is 0.579. The van der Waals surface area contributed by atoms with Gasteiger partial charge < -0.3 is 20.5 Å². The number of H-pyrrole nitrogens is 1. The molecule has 0 radical (unpaired) electrons. The summed E-state index contributed by atoms with van der Waals surface area (Å²) in [7, 11) is 0. The minimum Gasteiger partial charge on any atom is -0.390 e.